The van der Waals surface area contributed by atoms with Gasteiger partial charge in [0.15, 0.2) is 0 Å². The summed E-state index contributed by atoms with van der Waals surface area (Å²) in [5.74, 6) is -3.59. The third-order valence-electron chi connectivity index (χ3n) is 2.37. The Morgan fingerprint density at radius 3 is 2.53 bits per heavy atom. The summed E-state index contributed by atoms with van der Waals surface area (Å²) in [5.41, 5.74) is 0.297. The first kappa shape index (κ1) is 13.8. The van der Waals surface area contributed by atoms with E-state index in [1.54, 1.807) is 13.0 Å². The molecule has 0 fully saturated rings. The maximum absolute atomic E-state index is 12.8. The molecule has 1 aromatic carbocycles. The lowest BCUT2D eigenvalue weighted by Crippen LogP contribution is -2.24. The maximum Gasteiger partial charge on any atom is 0.396 e. The van der Waals surface area contributed by atoms with Gasteiger partial charge in [0.05, 0.1) is 12.3 Å². The minimum Gasteiger partial charge on any atom is -0.481 e. The van der Waals surface area contributed by atoms with Crippen LogP contribution in [0.15, 0.2) is 18.2 Å². The standard InChI is InChI=1S/C11H10ClF3O2/c1-6-3-2-4-7(10(6)12)8(5-9(16)17)11(13,14)15/h2-4,8H,5H2,1H3,(H,16,17). The van der Waals surface area contributed by atoms with E-state index in [1.165, 1.54) is 12.1 Å². The molecule has 0 aliphatic carbocycles. The Morgan fingerprint density at radius 1 is 1.47 bits per heavy atom. The van der Waals surface area contributed by atoms with E-state index in [1.807, 2.05) is 0 Å². The van der Waals surface area contributed by atoms with Crippen molar-refractivity contribution in [3.05, 3.63) is 34.3 Å². The number of hydrogen-bond donors (Lipinski definition) is 1. The van der Waals surface area contributed by atoms with Crippen LogP contribution < -0.4 is 0 Å². The van der Waals surface area contributed by atoms with Gasteiger partial charge in [-0.1, -0.05) is 29.8 Å². The quantitative estimate of drug-likeness (QED) is 0.904. The summed E-state index contributed by atoms with van der Waals surface area (Å²) in [6, 6.07) is 4.20. The zero-order chi connectivity index (χ0) is 13.2. The van der Waals surface area contributed by atoms with E-state index >= 15 is 0 Å². The molecule has 0 spiro atoms. The summed E-state index contributed by atoms with van der Waals surface area (Å²) in [6.07, 6.45) is -5.65. The molecule has 0 heterocycles. The van der Waals surface area contributed by atoms with Gasteiger partial charge in [-0.2, -0.15) is 13.2 Å². The highest BCUT2D eigenvalue weighted by atomic mass is 35.5. The van der Waals surface area contributed by atoms with Crippen LogP contribution in [0.1, 0.15) is 23.5 Å². The first-order chi connectivity index (χ1) is 7.73. The van der Waals surface area contributed by atoms with Crippen LogP contribution in [0.5, 0.6) is 0 Å². The summed E-state index contributed by atoms with van der Waals surface area (Å²) >= 11 is 5.78. The number of carboxylic acids is 1. The van der Waals surface area contributed by atoms with Crippen molar-refractivity contribution in [1.82, 2.24) is 0 Å². The number of carbonyl (C=O) groups is 1. The van der Waals surface area contributed by atoms with Gasteiger partial charge in [0.1, 0.15) is 0 Å². The Kier molecular flexibility index (Phi) is 4.03. The number of rotatable bonds is 3. The molecule has 0 aliphatic heterocycles. The molecule has 6 heteroatoms. The minimum atomic E-state index is -4.63. The van der Waals surface area contributed by atoms with Crippen molar-refractivity contribution >= 4 is 17.6 Å². The van der Waals surface area contributed by atoms with E-state index in [0.29, 0.717) is 5.56 Å². The lowest BCUT2D eigenvalue weighted by molar-refractivity contribution is -0.163. The van der Waals surface area contributed by atoms with Gasteiger partial charge in [-0.05, 0) is 18.1 Å². The fourth-order valence-corrected chi connectivity index (χ4v) is 1.77. The number of alkyl halides is 3. The van der Waals surface area contributed by atoms with Gasteiger partial charge in [0, 0.05) is 5.02 Å². The van der Waals surface area contributed by atoms with Crippen molar-refractivity contribution < 1.29 is 23.1 Å². The van der Waals surface area contributed by atoms with E-state index < -0.39 is 24.5 Å². The highest BCUT2D eigenvalue weighted by Gasteiger charge is 2.43. The average Bonchev–Trinajstić information content (AvgIpc) is 2.17. The smallest absolute Gasteiger partial charge is 0.396 e. The van der Waals surface area contributed by atoms with Gasteiger partial charge in [0.25, 0.3) is 0 Å². The second-order valence-electron chi connectivity index (χ2n) is 3.67. The predicted molar refractivity (Wildman–Crippen MR) is 57.2 cm³/mol. The van der Waals surface area contributed by atoms with E-state index in [2.05, 4.69) is 0 Å². The van der Waals surface area contributed by atoms with Crippen molar-refractivity contribution in [1.29, 1.82) is 0 Å². The highest BCUT2D eigenvalue weighted by Crippen LogP contribution is 2.41. The third kappa shape index (κ3) is 3.36. The lowest BCUT2D eigenvalue weighted by atomic mass is 9.94. The molecule has 94 valence electrons. The summed E-state index contributed by atoms with van der Waals surface area (Å²) < 4.78 is 38.3. The third-order valence-corrected chi connectivity index (χ3v) is 2.89. The Bertz CT molecular complexity index is 429. The summed E-state index contributed by atoms with van der Waals surface area (Å²) in [7, 11) is 0. The van der Waals surface area contributed by atoms with Crippen LogP contribution in [0.4, 0.5) is 13.2 Å². The zero-order valence-corrected chi connectivity index (χ0v) is 9.64. The van der Waals surface area contributed by atoms with Gasteiger partial charge in [0.2, 0.25) is 0 Å². The van der Waals surface area contributed by atoms with Gasteiger partial charge in [-0.3, -0.25) is 4.79 Å². The molecule has 17 heavy (non-hydrogen) atoms. The van der Waals surface area contributed by atoms with Crippen LogP contribution in [0, 0.1) is 6.92 Å². The second-order valence-corrected chi connectivity index (χ2v) is 4.05. The molecule has 0 radical (unpaired) electrons. The van der Waals surface area contributed by atoms with E-state index in [-0.39, 0.29) is 10.6 Å². The molecule has 0 saturated carbocycles. The topological polar surface area (TPSA) is 37.3 Å². The van der Waals surface area contributed by atoms with Gasteiger partial charge in [-0.25, -0.2) is 0 Å². The van der Waals surface area contributed by atoms with Crippen molar-refractivity contribution in [2.24, 2.45) is 0 Å². The summed E-state index contributed by atoms with van der Waals surface area (Å²) in [5, 5.41) is 8.49. The second kappa shape index (κ2) is 4.96. The maximum atomic E-state index is 12.8. The molecule has 1 aromatic rings. The number of hydrogen-bond acceptors (Lipinski definition) is 1. The average molecular weight is 267 g/mol. The Morgan fingerprint density at radius 2 is 2.06 bits per heavy atom. The molecule has 0 bridgehead atoms. The predicted octanol–water partition coefficient (Wildman–Crippen LogP) is 3.77. The normalized spacial score (nSPS) is 13.5. The number of benzene rings is 1. The molecule has 0 aliphatic rings. The Balaban J connectivity index is 3.22. The Labute approximate surface area is 101 Å². The van der Waals surface area contributed by atoms with Crippen molar-refractivity contribution in [3.8, 4) is 0 Å². The van der Waals surface area contributed by atoms with E-state index in [4.69, 9.17) is 16.7 Å². The summed E-state index contributed by atoms with van der Waals surface area (Å²) in [6.45, 7) is 1.57. The Hall–Kier alpha value is -1.23. The van der Waals surface area contributed by atoms with Crippen LogP contribution in [-0.4, -0.2) is 17.3 Å². The summed E-state index contributed by atoms with van der Waals surface area (Å²) in [4.78, 5) is 10.5. The first-order valence-corrected chi connectivity index (χ1v) is 5.14. The largest absolute Gasteiger partial charge is 0.481 e. The van der Waals surface area contributed by atoms with Crippen LogP contribution >= 0.6 is 11.6 Å². The number of halogens is 4. The monoisotopic (exact) mass is 266 g/mol. The molecular formula is C11H10ClF3O2. The van der Waals surface area contributed by atoms with Gasteiger partial charge < -0.3 is 5.11 Å². The van der Waals surface area contributed by atoms with Crippen molar-refractivity contribution in [2.45, 2.75) is 25.4 Å². The zero-order valence-electron chi connectivity index (χ0n) is 8.88. The van der Waals surface area contributed by atoms with E-state index in [0.717, 1.165) is 0 Å². The fourth-order valence-electron chi connectivity index (χ4n) is 1.52. The molecule has 0 saturated heterocycles. The molecular weight excluding hydrogens is 257 g/mol. The lowest BCUT2D eigenvalue weighted by Gasteiger charge is -2.20. The van der Waals surface area contributed by atoms with Crippen LogP contribution in [0.2, 0.25) is 5.02 Å². The van der Waals surface area contributed by atoms with Gasteiger partial charge >= 0.3 is 12.1 Å². The molecule has 1 atom stereocenters. The number of aliphatic carboxylic acids is 1. The minimum absolute atomic E-state index is 0.0314. The molecule has 1 rings (SSSR count). The molecule has 1 unspecified atom stereocenters. The van der Waals surface area contributed by atoms with Crippen LogP contribution in [-0.2, 0) is 4.79 Å². The SMILES string of the molecule is Cc1cccc(C(CC(=O)O)C(F)(F)F)c1Cl. The number of carboxylic acid groups (broad SMARTS) is 1. The van der Waals surface area contributed by atoms with Crippen molar-refractivity contribution in [2.75, 3.05) is 0 Å². The highest BCUT2D eigenvalue weighted by molar-refractivity contribution is 6.32. The van der Waals surface area contributed by atoms with Gasteiger partial charge in [-0.15, -0.1) is 0 Å². The number of aryl methyl sites for hydroxylation is 1. The van der Waals surface area contributed by atoms with E-state index in [9.17, 15) is 18.0 Å². The van der Waals surface area contributed by atoms with Crippen molar-refractivity contribution in [3.63, 3.8) is 0 Å². The fraction of sp³-hybridized carbons (Fsp3) is 0.364. The first-order valence-electron chi connectivity index (χ1n) is 4.77. The molecule has 2 nitrogen and oxygen atoms in total. The van der Waals surface area contributed by atoms with Crippen LogP contribution in [0.25, 0.3) is 0 Å². The molecule has 0 aromatic heterocycles. The molecule has 1 N–H and O–H groups in total. The van der Waals surface area contributed by atoms with Crippen LogP contribution in [0.3, 0.4) is 0 Å². The molecule has 0 amide bonds.